The van der Waals surface area contributed by atoms with Gasteiger partial charge in [0.1, 0.15) is 24.4 Å². The molecule has 41 heavy (non-hydrogen) atoms. The first-order valence-corrected chi connectivity index (χ1v) is 13.9. The normalized spacial score (nSPS) is 22.5. The van der Waals surface area contributed by atoms with Crippen molar-refractivity contribution < 1.29 is 23.7 Å². The fourth-order valence-electron chi connectivity index (χ4n) is 4.28. The number of alkyl halides is 3. The monoisotopic (exact) mass is 618 g/mol. The SMILES string of the molecule is [N-]=[N+]=NC1[C@H](OC(=N)C(Cl)(Cl)Cl)OC(COCc2ccccc2)[C@@H](OCc2ccccc2)[C@H]1OCc1ccccc1. The highest BCUT2D eigenvalue weighted by Gasteiger charge is 2.50. The summed E-state index contributed by atoms with van der Waals surface area (Å²) in [5, 5.41) is 12.0. The summed E-state index contributed by atoms with van der Waals surface area (Å²) in [5.41, 5.74) is 12.2. The van der Waals surface area contributed by atoms with Crippen molar-refractivity contribution in [1.82, 2.24) is 0 Å². The van der Waals surface area contributed by atoms with Crippen LogP contribution in [-0.2, 0) is 43.5 Å². The van der Waals surface area contributed by atoms with Crippen molar-refractivity contribution in [2.24, 2.45) is 5.11 Å². The highest BCUT2D eigenvalue weighted by molar-refractivity contribution is 6.76. The number of azide groups is 1. The molecule has 1 heterocycles. The quantitative estimate of drug-likeness (QED) is 0.0577. The lowest BCUT2D eigenvalue weighted by atomic mass is 9.96. The predicted octanol–water partition coefficient (Wildman–Crippen LogP) is 7.14. The number of nitrogens with one attached hydrogen (secondary N) is 1. The first kappa shape index (κ1) is 31.1. The molecule has 0 spiro atoms. The van der Waals surface area contributed by atoms with Gasteiger partial charge in [-0.2, -0.15) is 0 Å². The van der Waals surface area contributed by atoms with Crippen LogP contribution in [0.5, 0.6) is 0 Å². The zero-order valence-electron chi connectivity index (χ0n) is 21.9. The summed E-state index contributed by atoms with van der Waals surface area (Å²) in [6, 6.07) is 27.7. The fraction of sp³-hybridized carbons (Fsp3) is 0.345. The van der Waals surface area contributed by atoms with E-state index in [4.69, 9.17) is 63.9 Å². The summed E-state index contributed by atoms with van der Waals surface area (Å²) in [6.45, 7) is 0.800. The lowest BCUT2D eigenvalue weighted by Crippen LogP contribution is -2.61. The van der Waals surface area contributed by atoms with Gasteiger partial charge in [0.2, 0.25) is 12.2 Å². The summed E-state index contributed by atoms with van der Waals surface area (Å²) in [4.78, 5) is 2.99. The maximum atomic E-state index is 9.46. The zero-order valence-corrected chi connectivity index (χ0v) is 24.2. The van der Waals surface area contributed by atoms with E-state index in [1.54, 1.807) is 0 Å². The van der Waals surface area contributed by atoms with Crippen LogP contribution in [0, 0.1) is 5.41 Å². The molecule has 2 unspecified atom stereocenters. The molecule has 9 nitrogen and oxygen atoms in total. The molecule has 0 bridgehead atoms. The average molecular weight is 620 g/mol. The van der Waals surface area contributed by atoms with Gasteiger partial charge in [-0.3, -0.25) is 5.41 Å². The van der Waals surface area contributed by atoms with Crippen LogP contribution >= 0.6 is 34.8 Å². The Morgan fingerprint density at radius 3 is 1.78 bits per heavy atom. The van der Waals surface area contributed by atoms with E-state index in [0.717, 1.165) is 16.7 Å². The molecule has 0 amide bonds. The second-order valence-electron chi connectivity index (χ2n) is 9.21. The highest BCUT2D eigenvalue weighted by Crippen LogP contribution is 2.34. The third-order valence-electron chi connectivity index (χ3n) is 6.26. The third-order valence-corrected chi connectivity index (χ3v) is 6.77. The minimum absolute atomic E-state index is 0.0729. The van der Waals surface area contributed by atoms with E-state index >= 15 is 0 Å². The number of halogens is 3. The Morgan fingerprint density at radius 1 is 0.805 bits per heavy atom. The van der Waals surface area contributed by atoms with Crippen LogP contribution in [-0.4, -0.2) is 46.9 Å². The van der Waals surface area contributed by atoms with Gasteiger partial charge in [0, 0.05) is 4.91 Å². The molecular weight excluding hydrogens is 591 g/mol. The van der Waals surface area contributed by atoms with Gasteiger partial charge in [-0.15, -0.1) is 0 Å². The Kier molecular flexibility index (Phi) is 11.7. The zero-order chi connectivity index (χ0) is 29.1. The van der Waals surface area contributed by atoms with E-state index in [9.17, 15) is 5.53 Å². The Morgan fingerprint density at radius 2 is 1.29 bits per heavy atom. The van der Waals surface area contributed by atoms with Gasteiger partial charge in [0.25, 0.3) is 3.79 Å². The molecule has 0 radical (unpaired) electrons. The summed E-state index contributed by atoms with van der Waals surface area (Å²) >= 11 is 17.6. The van der Waals surface area contributed by atoms with Crippen LogP contribution in [0.4, 0.5) is 0 Å². The molecule has 0 aromatic heterocycles. The first-order chi connectivity index (χ1) is 19.8. The van der Waals surface area contributed by atoms with E-state index in [2.05, 4.69) is 10.0 Å². The molecule has 1 aliphatic rings. The van der Waals surface area contributed by atoms with Gasteiger partial charge in [-0.1, -0.05) is 131 Å². The van der Waals surface area contributed by atoms with Crippen LogP contribution in [0.25, 0.3) is 10.4 Å². The van der Waals surface area contributed by atoms with Crippen molar-refractivity contribution in [2.45, 2.75) is 54.3 Å². The van der Waals surface area contributed by atoms with Crippen LogP contribution in [0.3, 0.4) is 0 Å². The van der Waals surface area contributed by atoms with Gasteiger partial charge in [0.15, 0.2) is 0 Å². The van der Waals surface area contributed by atoms with Crippen LogP contribution < -0.4 is 0 Å². The van der Waals surface area contributed by atoms with Crippen molar-refractivity contribution in [3.05, 3.63) is 118 Å². The summed E-state index contributed by atoms with van der Waals surface area (Å²) in [7, 11) is 0. The molecule has 0 aliphatic carbocycles. The number of nitrogens with zero attached hydrogens (tertiary/aromatic N) is 3. The summed E-state index contributed by atoms with van der Waals surface area (Å²) in [6.07, 6.45) is -3.72. The van der Waals surface area contributed by atoms with Gasteiger partial charge in [-0.25, -0.2) is 0 Å². The molecule has 5 atom stereocenters. The molecule has 12 heteroatoms. The molecule has 1 fully saturated rings. The Balaban J connectivity index is 1.63. The fourth-order valence-corrected chi connectivity index (χ4v) is 4.42. The maximum absolute atomic E-state index is 9.46. The smallest absolute Gasteiger partial charge is 0.265 e. The first-order valence-electron chi connectivity index (χ1n) is 12.8. The number of benzene rings is 3. The van der Waals surface area contributed by atoms with E-state index in [-0.39, 0.29) is 19.8 Å². The average Bonchev–Trinajstić information content (AvgIpc) is 2.98. The van der Waals surface area contributed by atoms with Crippen molar-refractivity contribution in [2.75, 3.05) is 6.61 Å². The Hall–Kier alpha value is -2.85. The minimum atomic E-state index is -2.16. The topological polar surface area (TPSA) is 119 Å². The van der Waals surface area contributed by atoms with Crippen LogP contribution in [0.15, 0.2) is 96.1 Å². The molecule has 1 aliphatic heterocycles. The molecule has 3 aromatic carbocycles. The third kappa shape index (κ3) is 9.33. The maximum Gasteiger partial charge on any atom is 0.265 e. The lowest BCUT2D eigenvalue weighted by Gasteiger charge is -2.44. The van der Waals surface area contributed by atoms with E-state index in [0.29, 0.717) is 6.61 Å². The molecule has 1 N–H and O–H groups in total. The van der Waals surface area contributed by atoms with Gasteiger partial charge in [0.05, 0.1) is 26.4 Å². The predicted molar refractivity (Wildman–Crippen MR) is 157 cm³/mol. The van der Waals surface area contributed by atoms with Crippen LogP contribution in [0.2, 0.25) is 0 Å². The van der Waals surface area contributed by atoms with Crippen molar-refractivity contribution in [3.8, 4) is 0 Å². The second kappa shape index (κ2) is 15.4. The highest BCUT2D eigenvalue weighted by atomic mass is 35.6. The van der Waals surface area contributed by atoms with Crippen molar-refractivity contribution in [3.63, 3.8) is 0 Å². The minimum Gasteiger partial charge on any atom is -0.448 e. The van der Waals surface area contributed by atoms with E-state index in [1.807, 2.05) is 91.0 Å². The Bertz CT molecular complexity index is 1280. The number of hydrogen-bond acceptors (Lipinski definition) is 7. The molecule has 3 aromatic rings. The largest absolute Gasteiger partial charge is 0.448 e. The second-order valence-corrected chi connectivity index (χ2v) is 11.5. The van der Waals surface area contributed by atoms with Gasteiger partial charge < -0.3 is 23.7 Å². The number of rotatable bonds is 12. The van der Waals surface area contributed by atoms with E-state index in [1.165, 1.54) is 0 Å². The lowest BCUT2D eigenvalue weighted by molar-refractivity contribution is -0.269. The van der Waals surface area contributed by atoms with Crippen LogP contribution in [0.1, 0.15) is 16.7 Å². The summed E-state index contributed by atoms with van der Waals surface area (Å²) in [5.74, 6) is -0.694. The van der Waals surface area contributed by atoms with Crippen molar-refractivity contribution in [1.29, 1.82) is 5.41 Å². The van der Waals surface area contributed by atoms with Crippen molar-refractivity contribution >= 4 is 40.7 Å². The molecule has 4 rings (SSSR count). The number of hydrogen-bond donors (Lipinski definition) is 1. The number of ether oxygens (including phenoxy) is 5. The molecule has 0 saturated carbocycles. The van der Waals surface area contributed by atoms with E-state index < -0.39 is 40.3 Å². The molecule has 1 saturated heterocycles. The van der Waals surface area contributed by atoms with Gasteiger partial charge >= 0.3 is 0 Å². The Labute approximate surface area is 253 Å². The van der Waals surface area contributed by atoms with Gasteiger partial charge in [-0.05, 0) is 22.2 Å². The molecule has 216 valence electrons. The standard InChI is InChI=1S/C29H29Cl3N4O5/c30-29(31,32)28(33)41-27-24(35-36-34)26(39-18-22-14-8-3-9-15-22)25(38-17-21-12-6-2-7-13-21)23(40-27)19-37-16-20-10-4-1-5-11-20/h1-15,23-27,33H,16-19H2/t23?,24?,25-,26+,27+/m1/s1. The molecular formula is C29H29Cl3N4O5. The summed E-state index contributed by atoms with van der Waals surface area (Å²) < 4.78 is 28.4.